The number of anilines is 1. The first-order valence-electron chi connectivity index (χ1n) is 10.5. The summed E-state index contributed by atoms with van der Waals surface area (Å²) in [7, 11) is 0. The van der Waals surface area contributed by atoms with Crippen molar-refractivity contribution in [3.63, 3.8) is 0 Å². The molecule has 0 bridgehead atoms. The number of carbonyl (C=O) groups excluding carboxylic acids is 2. The summed E-state index contributed by atoms with van der Waals surface area (Å²) in [6, 6.07) is 11.2. The summed E-state index contributed by atoms with van der Waals surface area (Å²) in [5.41, 5.74) is 5.07. The number of benzene rings is 2. The molecule has 31 heavy (non-hydrogen) atoms. The van der Waals surface area contributed by atoms with E-state index < -0.39 is 0 Å². The molecule has 0 spiro atoms. The number of rotatable bonds is 3. The molecule has 5 nitrogen and oxygen atoms in total. The first kappa shape index (κ1) is 21.6. The maximum atomic E-state index is 13.7. The first-order chi connectivity index (χ1) is 14.7. The van der Waals surface area contributed by atoms with E-state index in [1.165, 1.54) is 4.90 Å². The van der Waals surface area contributed by atoms with Gasteiger partial charge in [0.25, 0.3) is 11.8 Å². The second-order valence-corrected chi connectivity index (χ2v) is 8.92. The average molecular weight is 439 g/mol. The minimum Gasteiger partial charge on any atom is -0.372 e. The van der Waals surface area contributed by atoms with Crippen LogP contribution in [0.1, 0.15) is 36.1 Å². The van der Waals surface area contributed by atoms with E-state index in [-0.39, 0.29) is 24.0 Å². The van der Waals surface area contributed by atoms with Gasteiger partial charge in [-0.2, -0.15) is 0 Å². The number of carbonyl (C=O) groups is 2. The molecule has 2 amide bonds. The molecule has 0 aromatic heterocycles. The number of nitrogens with zero attached hydrogens (tertiary/aromatic N) is 2. The minimum absolute atomic E-state index is 0.0397. The zero-order chi connectivity index (χ0) is 22.4. The van der Waals surface area contributed by atoms with Crippen LogP contribution in [0.25, 0.3) is 5.57 Å². The van der Waals surface area contributed by atoms with Crippen LogP contribution >= 0.6 is 11.6 Å². The molecule has 162 valence electrons. The highest BCUT2D eigenvalue weighted by Crippen LogP contribution is 2.38. The van der Waals surface area contributed by atoms with Crippen LogP contribution in [0.3, 0.4) is 0 Å². The van der Waals surface area contributed by atoms with Gasteiger partial charge in [-0.15, -0.1) is 0 Å². The lowest BCUT2D eigenvalue weighted by Gasteiger charge is -2.37. The molecular formula is C25H27ClN2O3. The zero-order valence-corrected chi connectivity index (χ0v) is 19.3. The van der Waals surface area contributed by atoms with Gasteiger partial charge in [0.05, 0.1) is 23.5 Å². The first-order valence-corrected chi connectivity index (χ1v) is 10.9. The van der Waals surface area contributed by atoms with Crippen LogP contribution in [0.4, 0.5) is 5.69 Å². The molecule has 6 heteroatoms. The Bertz CT molecular complexity index is 1100. The molecule has 2 aromatic carbocycles. The number of morpholine rings is 1. The van der Waals surface area contributed by atoms with Crippen molar-refractivity contribution in [1.29, 1.82) is 0 Å². The summed E-state index contributed by atoms with van der Waals surface area (Å²) in [5.74, 6) is -0.634. The second-order valence-electron chi connectivity index (χ2n) is 8.51. The molecule has 2 aromatic rings. The molecule has 2 unspecified atom stereocenters. The van der Waals surface area contributed by atoms with Crippen LogP contribution in [0, 0.1) is 20.8 Å². The maximum absolute atomic E-state index is 13.7. The van der Waals surface area contributed by atoms with E-state index in [1.807, 2.05) is 57.7 Å². The molecule has 4 rings (SSSR count). The average Bonchev–Trinajstić information content (AvgIpc) is 2.96. The lowest BCUT2D eigenvalue weighted by Crippen LogP contribution is -2.47. The minimum atomic E-state index is -0.319. The Morgan fingerprint density at radius 1 is 0.935 bits per heavy atom. The predicted octanol–water partition coefficient (Wildman–Crippen LogP) is 4.66. The van der Waals surface area contributed by atoms with Gasteiger partial charge in [-0.1, -0.05) is 35.9 Å². The summed E-state index contributed by atoms with van der Waals surface area (Å²) in [6.07, 6.45) is -0.0794. The lowest BCUT2D eigenvalue weighted by atomic mass is 9.99. The molecule has 2 heterocycles. The molecule has 0 N–H and O–H groups in total. The number of ether oxygens (including phenoxy) is 1. The lowest BCUT2D eigenvalue weighted by molar-refractivity contribution is -0.121. The largest absolute Gasteiger partial charge is 0.372 e. The predicted molar refractivity (Wildman–Crippen MR) is 123 cm³/mol. The van der Waals surface area contributed by atoms with Gasteiger partial charge in [-0.3, -0.25) is 9.59 Å². The summed E-state index contributed by atoms with van der Waals surface area (Å²) in [5, 5.41) is 0.521. The quantitative estimate of drug-likeness (QED) is 0.654. The Labute approximate surface area is 188 Å². The Kier molecular flexibility index (Phi) is 5.67. The Balaban J connectivity index is 1.89. The van der Waals surface area contributed by atoms with E-state index in [1.54, 1.807) is 18.2 Å². The third-order valence-corrected chi connectivity index (χ3v) is 6.48. The fourth-order valence-electron chi connectivity index (χ4n) is 4.39. The third-order valence-electron chi connectivity index (χ3n) is 6.07. The van der Waals surface area contributed by atoms with Crippen LogP contribution < -0.4 is 4.90 Å². The van der Waals surface area contributed by atoms with Crippen molar-refractivity contribution in [2.45, 2.75) is 46.8 Å². The van der Waals surface area contributed by atoms with E-state index in [4.69, 9.17) is 16.3 Å². The van der Waals surface area contributed by atoms with Crippen LogP contribution in [-0.4, -0.2) is 42.0 Å². The van der Waals surface area contributed by atoms with E-state index >= 15 is 0 Å². The summed E-state index contributed by atoms with van der Waals surface area (Å²) in [4.78, 5) is 30.8. The highest BCUT2D eigenvalue weighted by atomic mass is 35.5. The molecule has 0 saturated carbocycles. The number of halogens is 1. The number of hydrogen-bond acceptors (Lipinski definition) is 4. The Morgan fingerprint density at radius 2 is 1.61 bits per heavy atom. The van der Waals surface area contributed by atoms with Gasteiger partial charge in [-0.05, 0) is 69.0 Å². The van der Waals surface area contributed by atoms with Crippen LogP contribution in [0.15, 0.2) is 42.1 Å². The van der Waals surface area contributed by atoms with E-state index in [0.717, 1.165) is 16.7 Å². The molecule has 1 saturated heterocycles. The van der Waals surface area contributed by atoms with Gasteiger partial charge in [0.1, 0.15) is 5.70 Å². The third kappa shape index (κ3) is 3.77. The fraction of sp³-hybridized carbons (Fsp3) is 0.360. The van der Waals surface area contributed by atoms with E-state index in [0.29, 0.717) is 40.6 Å². The van der Waals surface area contributed by atoms with Crippen molar-refractivity contribution in [3.8, 4) is 0 Å². The van der Waals surface area contributed by atoms with Gasteiger partial charge in [0, 0.05) is 18.1 Å². The van der Waals surface area contributed by atoms with Crippen molar-refractivity contribution < 1.29 is 14.3 Å². The van der Waals surface area contributed by atoms with Gasteiger partial charge < -0.3 is 9.64 Å². The summed E-state index contributed by atoms with van der Waals surface area (Å²) < 4.78 is 5.87. The zero-order valence-electron chi connectivity index (χ0n) is 18.5. The van der Waals surface area contributed by atoms with E-state index in [2.05, 4.69) is 0 Å². The van der Waals surface area contributed by atoms with Gasteiger partial charge in [0.15, 0.2) is 0 Å². The van der Waals surface area contributed by atoms with Crippen molar-refractivity contribution in [1.82, 2.24) is 4.90 Å². The van der Waals surface area contributed by atoms with E-state index in [9.17, 15) is 9.59 Å². The molecule has 2 aliphatic heterocycles. The van der Waals surface area contributed by atoms with Crippen LogP contribution in [-0.2, 0) is 14.3 Å². The Hall–Kier alpha value is -2.63. The number of imide groups is 1. The second kappa shape index (κ2) is 8.13. The highest BCUT2D eigenvalue weighted by molar-refractivity contribution is 6.46. The molecule has 2 atom stereocenters. The number of hydrogen-bond donors (Lipinski definition) is 0. The topological polar surface area (TPSA) is 49.9 Å². The number of aryl methyl sites for hydroxylation is 2. The molecular weight excluding hydrogens is 412 g/mol. The van der Waals surface area contributed by atoms with Gasteiger partial charge in [-0.25, -0.2) is 4.90 Å². The molecule has 2 aliphatic rings. The van der Waals surface area contributed by atoms with Crippen molar-refractivity contribution in [2.75, 3.05) is 18.0 Å². The van der Waals surface area contributed by atoms with Gasteiger partial charge in [0.2, 0.25) is 0 Å². The fourth-order valence-corrected chi connectivity index (χ4v) is 4.56. The molecule has 0 aliphatic carbocycles. The summed E-state index contributed by atoms with van der Waals surface area (Å²) >= 11 is 6.31. The standard InChI is InChI=1S/C25H27ClN2O3/c1-14-9-10-19(11-15(14)2)22-23(27-12-16(3)31-17(4)13-27)25(30)28(24(22)29)21-8-6-7-20(26)18(21)5/h6-11,16-17H,12-13H2,1-5H3. The van der Waals surface area contributed by atoms with Crippen LogP contribution in [0.5, 0.6) is 0 Å². The molecule has 0 radical (unpaired) electrons. The van der Waals surface area contributed by atoms with Crippen molar-refractivity contribution in [2.24, 2.45) is 0 Å². The van der Waals surface area contributed by atoms with Crippen molar-refractivity contribution in [3.05, 3.63) is 69.4 Å². The van der Waals surface area contributed by atoms with Gasteiger partial charge >= 0.3 is 0 Å². The maximum Gasteiger partial charge on any atom is 0.282 e. The SMILES string of the molecule is Cc1ccc(C2=C(N3CC(C)OC(C)C3)C(=O)N(c3cccc(Cl)c3C)C2=O)cc1C. The monoisotopic (exact) mass is 438 g/mol. The normalized spacial score (nSPS) is 22.0. The summed E-state index contributed by atoms with van der Waals surface area (Å²) in [6.45, 7) is 10.9. The number of amides is 2. The smallest absolute Gasteiger partial charge is 0.282 e. The highest BCUT2D eigenvalue weighted by Gasteiger charge is 2.44. The van der Waals surface area contributed by atoms with Crippen molar-refractivity contribution >= 4 is 34.7 Å². The van der Waals surface area contributed by atoms with Crippen LogP contribution in [0.2, 0.25) is 5.02 Å². The Morgan fingerprint density at radius 3 is 2.26 bits per heavy atom. The molecule has 1 fully saturated rings.